The number of furan rings is 1. The number of hydrogen-bond acceptors (Lipinski definition) is 4. The number of nitrogens with zero attached hydrogens (tertiary/aromatic N) is 2. The van der Waals surface area contributed by atoms with Gasteiger partial charge < -0.3 is 9.15 Å². The van der Waals surface area contributed by atoms with E-state index in [0.29, 0.717) is 41.6 Å². The molecular formula is C13H15ClN2O3. The third kappa shape index (κ3) is 2.72. The Morgan fingerprint density at radius 3 is 3.05 bits per heavy atom. The van der Waals surface area contributed by atoms with E-state index in [0.717, 1.165) is 0 Å². The largest absolute Gasteiger partial charge is 0.469 e. The predicted molar refractivity (Wildman–Crippen MR) is 70.6 cm³/mol. The smallest absolute Gasteiger partial charge is 0.216 e. The van der Waals surface area contributed by atoms with Gasteiger partial charge in [0.2, 0.25) is 5.78 Å². The number of ether oxygens (including phenoxy) is 1. The molecule has 0 atom stereocenters. The summed E-state index contributed by atoms with van der Waals surface area (Å²) in [4.78, 5) is 12.5. The Bertz CT molecular complexity index is 574. The van der Waals surface area contributed by atoms with E-state index in [-0.39, 0.29) is 5.78 Å². The third-order valence-corrected chi connectivity index (χ3v) is 3.10. The molecule has 0 saturated carbocycles. The SMILES string of the molecule is CCc1occc1C(=O)c1c(Cl)cnn1CCOC. The van der Waals surface area contributed by atoms with Crippen LogP contribution in [-0.4, -0.2) is 29.3 Å². The highest BCUT2D eigenvalue weighted by atomic mass is 35.5. The fourth-order valence-corrected chi connectivity index (χ4v) is 2.11. The molecule has 2 aromatic heterocycles. The van der Waals surface area contributed by atoms with Crippen LogP contribution in [0.3, 0.4) is 0 Å². The van der Waals surface area contributed by atoms with E-state index in [4.69, 9.17) is 20.8 Å². The van der Waals surface area contributed by atoms with Crippen molar-refractivity contribution in [3.05, 3.63) is 40.6 Å². The lowest BCUT2D eigenvalue weighted by molar-refractivity contribution is 0.102. The highest BCUT2D eigenvalue weighted by molar-refractivity contribution is 6.34. The zero-order valence-corrected chi connectivity index (χ0v) is 11.6. The first-order valence-electron chi connectivity index (χ1n) is 6.00. The van der Waals surface area contributed by atoms with Crippen LogP contribution in [0.1, 0.15) is 28.7 Å². The summed E-state index contributed by atoms with van der Waals surface area (Å²) < 4.78 is 11.8. The minimum Gasteiger partial charge on any atom is -0.469 e. The van der Waals surface area contributed by atoms with Crippen LogP contribution in [0.15, 0.2) is 22.9 Å². The quantitative estimate of drug-likeness (QED) is 0.764. The second-order valence-electron chi connectivity index (χ2n) is 4.00. The Kier molecular flexibility index (Phi) is 4.39. The van der Waals surface area contributed by atoms with Gasteiger partial charge in [-0.1, -0.05) is 18.5 Å². The second-order valence-corrected chi connectivity index (χ2v) is 4.40. The van der Waals surface area contributed by atoms with Crippen LogP contribution in [0.25, 0.3) is 0 Å². The zero-order chi connectivity index (χ0) is 13.8. The minimum atomic E-state index is -0.177. The Balaban J connectivity index is 2.35. The van der Waals surface area contributed by atoms with E-state index in [1.807, 2.05) is 6.92 Å². The first kappa shape index (κ1) is 13.8. The number of rotatable bonds is 6. The van der Waals surface area contributed by atoms with Gasteiger partial charge in [0, 0.05) is 13.5 Å². The molecule has 0 N–H and O–H groups in total. The van der Waals surface area contributed by atoms with E-state index in [2.05, 4.69) is 5.10 Å². The molecule has 19 heavy (non-hydrogen) atoms. The molecule has 0 unspecified atom stereocenters. The van der Waals surface area contributed by atoms with Crippen molar-refractivity contribution < 1.29 is 13.9 Å². The normalized spacial score (nSPS) is 10.9. The Labute approximate surface area is 116 Å². The number of carbonyl (C=O) groups excluding carboxylic acids is 1. The van der Waals surface area contributed by atoms with Crippen molar-refractivity contribution in [3.8, 4) is 0 Å². The predicted octanol–water partition coefficient (Wildman–Crippen LogP) is 2.57. The van der Waals surface area contributed by atoms with Crippen molar-refractivity contribution in [3.63, 3.8) is 0 Å². The monoisotopic (exact) mass is 282 g/mol. The van der Waals surface area contributed by atoms with Crippen LogP contribution >= 0.6 is 11.6 Å². The summed E-state index contributed by atoms with van der Waals surface area (Å²) in [6, 6.07) is 1.66. The molecule has 2 rings (SSSR count). The van der Waals surface area contributed by atoms with Gasteiger partial charge in [0.15, 0.2) is 0 Å². The molecule has 0 spiro atoms. The number of hydrogen-bond donors (Lipinski definition) is 0. The topological polar surface area (TPSA) is 57.3 Å². The van der Waals surface area contributed by atoms with Crippen molar-refractivity contribution in [2.45, 2.75) is 19.9 Å². The lowest BCUT2D eigenvalue weighted by Crippen LogP contribution is -2.15. The molecule has 0 aliphatic rings. The molecule has 2 aromatic rings. The number of halogens is 1. The van der Waals surface area contributed by atoms with Gasteiger partial charge in [0.25, 0.3) is 0 Å². The molecule has 102 valence electrons. The van der Waals surface area contributed by atoms with Gasteiger partial charge in [0.1, 0.15) is 11.5 Å². The van der Waals surface area contributed by atoms with Crippen LogP contribution in [0, 0.1) is 0 Å². The summed E-state index contributed by atoms with van der Waals surface area (Å²) in [7, 11) is 1.60. The molecule has 0 amide bonds. The fourth-order valence-electron chi connectivity index (χ4n) is 1.88. The van der Waals surface area contributed by atoms with E-state index >= 15 is 0 Å². The number of ketones is 1. The molecule has 0 radical (unpaired) electrons. The van der Waals surface area contributed by atoms with Crippen LogP contribution in [0.5, 0.6) is 0 Å². The van der Waals surface area contributed by atoms with Crippen LogP contribution in [0.4, 0.5) is 0 Å². The van der Waals surface area contributed by atoms with Crippen molar-refractivity contribution in [2.24, 2.45) is 0 Å². The first-order valence-corrected chi connectivity index (χ1v) is 6.38. The Morgan fingerprint density at radius 1 is 1.58 bits per heavy atom. The third-order valence-electron chi connectivity index (χ3n) is 2.83. The Morgan fingerprint density at radius 2 is 2.37 bits per heavy atom. The molecule has 5 nitrogen and oxygen atoms in total. The van der Waals surface area contributed by atoms with E-state index in [1.165, 1.54) is 12.5 Å². The maximum absolute atomic E-state index is 12.5. The van der Waals surface area contributed by atoms with Gasteiger partial charge in [-0.25, -0.2) is 0 Å². The van der Waals surface area contributed by atoms with Crippen LogP contribution < -0.4 is 0 Å². The highest BCUT2D eigenvalue weighted by Gasteiger charge is 2.22. The average Bonchev–Trinajstić information content (AvgIpc) is 3.02. The van der Waals surface area contributed by atoms with E-state index in [9.17, 15) is 4.79 Å². The molecule has 0 saturated heterocycles. The summed E-state index contributed by atoms with van der Waals surface area (Å²) in [5, 5.41) is 4.43. The van der Waals surface area contributed by atoms with Gasteiger partial charge in [0.05, 0.1) is 36.2 Å². The lowest BCUT2D eigenvalue weighted by atomic mass is 10.1. The first-order chi connectivity index (χ1) is 9.19. The lowest BCUT2D eigenvalue weighted by Gasteiger charge is -2.06. The average molecular weight is 283 g/mol. The number of aryl methyl sites for hydroxylation is 1. The molecule has 0 bridgehead atoms. The standard InChI is InChI=1S/C13H15ClN2O3/c1-3-11-9(4-6-19-11)13(17)12-10(14)8-15-16(12)5-7-18-2/h4,6,8H,3,5,7H2,1-2H3. The van der Waals surface area contributed by atoms with Crippen molar-refractivity contribution in [1.29, 1.82) is 0 Å². The molecule has 2 heterocycles. The molecule has 6 heteroatoms. The van der Waals surface area contributed by atoms with Crippen molar-refractivity contribution >= 4 is 17.4 Å². The van der Waals surface area contributed by atoms with Gasteiger partial charge in [-0.05, 0) is 6.07 Å². The molecule has 0 aliphatic carbocycles. The van der Waals surface area contributed by atoms with Crippen molar-refractivity contribution in [2.75, 3.05) is 13.7 Å². The fraction of sp³-hybridized carbons (Fsp3) is 0.385. The van der Waals surface area contributed by atoms with Gasteiger partial charge in [-0.3, -0.25) is 9.48 Å². The van der Waals surface area contributed by atoms with Gasteiger partial charge in [-0.15, -0.1) is 0 Å². The van der Waals surface area contributed by atoms with Crippen LogP contribution in [0.2, 0.25) is 5.02 Å². The van der Waals surface area contributed by atoms with E-state index in [1.54, 1.807) is 17.9 Å². The summed E-state index contributed by atoms with van der Waals surface area (Å²) >= 11 is 6.06. The molecular weight excluding hydrogens is 268 g/mol. The van der Waals surface area contributed by atoms with Gasteiger partial charge in [-0.2, -0.15) is 5.10 Å². The summed E-state index contributed by atoms with van der Waals surface area (Å²) in [5.74, 6) is 0.477. The Hall–Kier alpha value is -1.59. The van der Waals surface area contributed by atoms with Gasteiger partial charge >= 0.3 is 0 Å². The van der Waals surface area contributed by atoms with E-state index < -0.39 is 0 Å². The molecule has 0 aromatic carbocycles. The highest BCUT2D eigenvalue weighted by Crippen LogP contribution is 2.22. The maximum atomic E-state index is 12.5. The number of methoxy groups -OCH3 is 1. The number of carbonyl (C=O) groups is 1. The molecule has 0 aliphatic heterocycles. The number of aromatic nitrogens is 2. The summed E-state index contributed by atoms with van der Waals surface area (Å²) in [6.07, 6.45) is 3.63. The zero-order valence-electron chi connectivity index (χ0n) is 10.9. The van der Waals surface area contributed by atoms with Crippen LogP contribution in [-0.2, 0) is 17.7 Å². The van der Waals surface area contributed by atoms with Crippen molar-refractivity contribution in [1.82, 2.24) is 9.78 Å². The molecule has 0 fully saturated rings. The summed E-state index contributed by atoms with van der Waals surface area (Å²) in [6.45, 7) is 2.87. The summed E-state index contributed by atoms with van der Waals surface area (Å²) in [5.41, 5.74) is 0.901. The second kappa shape index (κ2) is 6.04. The maximum Gasteiger partial charge on any atom is 0.216 e. The minimum absolute atomic E-state index is 0.177.